The highest BCUT2D eigenvalue weighted by Crippen LogP contribution is 2.67. The Kier molecular flexibility index (Phi) is 8.84. The van der Waals surface area contributed by atoms with Crippen LogP contribution in [0.15, 0.2) is 46.5 Å². The van der Waals surface area contributed by atoms with Crippen LogP contribution >= 0.6 is 15.9 Å². The number of benzene rings is 1. The first kappa shape index (κ1) is 30.1. The van der Waals surface area contributed by atoms with E-state index in [4.69, 9.17) is 4.74 Å². The highest BCUT2D eigenvalue weighted by atomic mass is 79.9. The number of fused-ring (bicyclic) bond motifs is 5. The van der Waals surface area contributed by atoms with Crippen molar-refractivity contribution in [1.82, 2.24) is 0 Å². The Balaban J connectivity index is 1.27. The highest BCUT2D eigenvalue weighted by Gasteiger charge is 2.59. The highest BCUT2D eigenvalue weighted by molar-refractivity contribution is 9.10. The van der Waals surface area contributed by atoms with Crippen LogP contribution in [0.1, 0.15) is 115 Å². The summed E-state index contributed by atoms with van der Waals surface area (Å²) < 4.78 is 6.97. The number of rotatable bonds is 7. The topological polar surface area (TPSA) is 26.3 Å². The Morgan fingerprint density at radius 2 is 1.85 bits per heavy atom. The number of aryl methyl sites for hydroxylation is 1. The smallest absolute Gasteiger partial charge is 0.339 e. The maximum absolute atomic E-state index is 13.1. The fourth-order valence-electron chi connectivity index (χ4n) is 9.93. The van der Waals surface area contributed by atoms with Crippen LogP contribution in [0.2, 0.25) is 0 Å². The molecule has 9 atom stereocenters. The zero-order valence-corrected chi connectivity index (χ0v) is 27.7. The van der Waals surface area contributed by atoms with Crippen LogP contribution in [0.25, 0.3) is 0 Å². The largest absolute Gasteiger partial charge is 0.458 e. The van der Waals surface area contributed by atoms with Crippen molar-refractivity contribution < 1.29 is 9.53 Å². The van der Waals surface area contributed by atoms with Gasteiger partial charge in [0.25, 0.3) is 0 Å². The second-order valence-corrected chi connectivity index (χ2v) is 15.5. The van der Waals surface area contributed by atoms with Crippen molar-refractivity contribution in [2.45, 2.75) is 112 Å². The minimum Gasteiger partial charge on any atom is -0.458 e. The number of ether oxygens (including phenoxy) is 1. The molecule has 0 amide bonds. The van der Waals surface area contributed by atoms with Crippen molar-refractivity contribution in [2.24, 2.45) is 52.3 Å². The molecule has 0 aliphatic heterocycles. The summed E-state index contributed by atoms with van der Waals surface area (Å²) in [4.78, 5) is 13.1. The minimum atomic E-state index is -0.189. The fraction of sp³-hybridized carbons (Fsp3) is 0.703. The lowest BCUT2D eigenvalue weighted by atomic mass is 9.47. The quantitative estimate of drug-likeness (QED) is 0.227. The molecule has 1 aromatic rings. The molecule has 0 N–H and O–H groups in total. The Labute approximate surface area is 252 Å². The third-order valence-corrected chi connectivity index (χ3v) is 13.5. The second kappa shape index (κ2) is 11.7. The molecule has 2 nitrogen and oxygen atoms in total. The van der Waals surface area contributed by atoms with E-state index in [0.717, 1.165) is 58.9 Å². The van der Waals surface area contributed by atoms with Gasteiger partial charge in [0.15, 0.2) is 0 Å². The standard InChI is InChI=1S/C37H53BrO2/c1-8-26(23(2)3)13-12-24(4)31-16-17-32-29-15-14-27-22-28(40-35(39)30-11-9-10-25(5)34(30)38)18-20-36(27,6)33(29)19-21-37(31,32)7/h9-14,23-24,26,28-29,31-33H,8,15-22H2,1-7H3/b13-12+/t24-,26-,28+,29+,31-,32+,33+,36+,37-/m1/s1. The van der Waals surface area contributed by atoms with Crippen LogP contribution in [0.3, 0.4) is 0 Å². The van der Waals surface area contributed by atoms with Gasteiger partial charge in [-0.15, -0.1) is 0 Å². The van der Waals surface area contributed by atoms with Crippen LogP contribution in [-0.2, 0) is 4.74 Å². The second-order valence-electron chi connectivity index (χ2n) is 14.8. The van der Waals surface area contributed by atoms with Gasteiger partial charge >= 0.3 is 5.97 Å². The van der Waals surface area contributed by atoms with Gasteiger partial charge in [-0.25, -0.2) is 4.79 Å². The van der Waals surface area contributed by atoms with Crippen LogP contribution in [0.4, 0.5) is 0 Å². The summed E-state index contributed by atoms with van der Waals surface area (Å²) in [6.07, 6.45) is 18.8. The van der Waals surface area contributed by atoms with Gasteiger partial charge in [0, 0.05) is 10.9 Å². The molecule has 3 fully saturated rings. The molecule has 0 bridgehead atoms. The maximum atomic E-state index is 13.1. The maximum Gasteiger partial charge on any atom is 0.339 e. The first-order valence-electron chi connectivity index (χ1n) is 16.3. The van der Waals surface area contributed by atoms with Crippen molar-refractivity contribution in [3.05, 3.63) is 57.6 Å². The van der Waals surface area contributed by atoms with Gasteiger partial charge in [-0.05, 0) is 138 Å². The number of carbonyl (C=O) groups excluding carboxylic acids is 1. The molecule has 0 unspecified atom stereocenters. The summed E-state index contributed by atoms with van der Waals surface area (Å²) in [5.41, 5.74) is 4.03. The lowest BCUT2D eigenvalue weighted by Gasteiger charge is -2.58. The SMILES string of the molecule is CC[C@H](/C=C/[C@@H](C)[C@H]1CC[C@H]2[C@@H]3CC=C4C[C@@H](OC(=O)c5cccc(C)c5Br)CC[C@]4(C)[C@H]3CC[C@]12C)C(C)C. The molecule has 0 heterocycles. The summed E-state index contributed by atoms with van der Waals surface area (Å²) >= 11 is 3.60. The van der Waals surface area contributed by atoms with Gasteiger partial charge in [-0.1, -0.05) is 77.5 Å². The summed E-state index contributed by atoms with van der Waals surface area (Å²) in [5.74, 6) is 5.17. The van der Waals surface area contributed by atoms with E-state index in [1.54, 1.807) is 5.57 Å². The van der Waals surface area contributed by atoms with Crippen molar-refractivity contribution in [3.63, 3.8) is 0 Å². The predicted octanol–water partition coefficient (Wildman–Crippen LogP) is 10.7. The summed E-state index contributed by atoms with van der Waals surface area (Å²) in [7, 11) is 0. The van der Waals surface area contributed by atoms with Crippen LogP contribution in [-0.4, -0.2) is 12.1 Å². The molecule has 40 heavy (non-hydrogen) atoms. The zero-order valence-electron chi connectivity index (χ0n) is 26.1. The summed E-state index contributed by atoms with van der Waals surface area (Å²) in [5, 5.41) is 0. The number of carbonyl (C=O) groups is 1. The number of halogens is 1. The molecule has 4 aliphatic rings. The zero-order chi connectivity index (χ0) is 28.8. The third-order valence-electron chi connectivity index (χ3n) is 12.4. The van der Waals surface area contributed by atoms with E-state index in [0.29, 0.717) is 22.8 Å². The average Bonchev–Trinajstić information content (AvgIpc) is 3.27. The van der Waals surface area contributed by atoms with E-state index in [2.05, 4.69) is 75.7 Å². The molecule has 0 aromatic heterocycles. The van der Waals surface area contributed by atoms with E-state index in [-0.39, 0.29) is 17.5 Å². The molecular formula is C37H53BrO2. The molecule has 0 spiro atoms. The van der Waals surface area contributed by atoms with Crippen LogP contribution < -0.4 is 0 Å². The minimum absolute atomic E-state index is 0.00840. The molecule has 3 saturated carbocycles. The number of hydrogen-bond donors (Lipinski definition) is 0. The average molecular weight is 610 g/mol. The van der Waals surface area contributed by atoms with Gasteiger partial charge in [0.1, 0.15) is 6.10 Å². The van der Waals surface area contributed by atoms with E-state index in [1.807, 2.05) is 25.1 Å². The van der Waals surface area contributed by atoms with Crippen molar-refractivity contribution in [2.75, 3.05) is 0 Å². The Bertz CT molecular complexity index is 1150. The van der Waals surface area contributed by atoms with Gasteiger partial charge < -0.3 is 4.74 Å². The molecule has 4 aliphatic carbocycles. The van der Waals surface area contributed by atoms with Gasteiger partial charge in [-0.2, -0.15) is 0 Å². The Morgan fingerprint density at radius 3 is 2.58 bits per heavy atom. The molecule has 3 heteroatoms. The lowest BCUT2D eigenvalue weighted by Crippen LogP contribution is -2.51. The van der Waals surface area contributed by atoms with E-state index in [1.165, 1.54) is 38.5 Å². The lowest BCUT2D eigenvalue weighted by molar-refractivity contribution is -0.0565. The van der Waals surface area contributed by atoms with Gasteiger partial charge in [0.2, 0.25) is 0 Å². The Morgan fingerprint density at radius 1 is 1.07 bits per heavy atom. The molecule has 0 saturated heterocycles. The van der Waals surface area contributed by atoms with Crippen molar-refractivity contribution in [1.29, 1.82) is 0 Å². The predicted molar refractivity (Wildman–Crippen MR) is 170 cm³/mol. The van der Waals surface area contributed by atoms with E-state index < -0.39 is 0 Å². The first-order chi connectivity index (χ1) is 19.0. The Hall–Kier alpha value is -1.35. The van der Waals surface area contributed by atoms with Crippen LogP contribution in [0.5, 0.6) is 0 Å². The third kappa shape index (κ3) is 5.31. The van der Waals surface area contributed by atoms with Crippen molar-refractivity contribution in [3.8, 4) is 0 Å². The normalized spacial score (nSPS) is 36.9. The first-order valence-corrected chi connectivity index (χ1v) is 17.1. The number of esters is 1. The number of allylic oxidation sites excluding steroid dienone is 3. The molecule has 220 valence electrons. The summed E-state index contributed by atoms with van der Waals surface area (Å²) in [6, 6.07) is 5.82. The molecule has 5 rings (SSSR count). The molecule has 0 radical (unpaired) electrons. The van der Waals surface area contributed by atoms with Gasteiger partial charge in [0.05, 0.1) is 5.56 Å². The van der Waals surface area contributed by atoms with Gasteiger partial charge in [-0.3, -0.25) is 0 Å². The van der Waals surface area contributed by atoms with Crippen molar-refractivity contribution >= 4 is 21.9 Å². The van der Waals surface area contributed by atoms with E-state index >= 15 is 0 Å². The number of hydrogen-bond acceptors (Lipinski definition) is 2. The summed E-state index contributed by atoms with van der Waals surface area (Å²) in [6.45, 7) is 16.8. The molecule has 1 aromatic carbocycles. The molecular weight excluding hydrogens is 556 g/mol. The van der Waals surface area contributed by atoms with Crippen LogP contribution in [0, 0.1) is 59.2 Å². The fourth-order valence-corrected chi connectivity index (χ4v) is 10.4. The van der Waals surface area contributed by atoms with E-state index in [9.17, 15) is 4.79 Å². The monoisotopic (exact) mass is 608 g/mol.